The van der Waals surface area contributed by atoms with Crippen molar-refractivity contribution in [2.24, 2.45) is 0 Å². The van der Waals surface area contributed by atoms with E-state index in [1.807, 2.05) is 20.0 Å². The van der Waals surface area contributed by atoms with Crippen molar-refractivity contribution in [3.63, 3.8) is 0 Å². The first-order chi connectivity index (χ1) is 10.2. The average molecular weight is 307 g/mol. The zero-order chi connectivity index (χ0) is 15.2. The summed E-state index contributed by atoms with van der Waals surface area (Å²) in [4.78, 5) is 13.9. The van der Waals surface area contributed by atoms with Crippen LogP contribution in [0.1, 0.15) is 43.1 Å². The van der Waals surface area contributed by atoms with E-state index in [0.717, 1.165) is 17.8 Å². The molecule has 2 aromatic rings. The molecule has 2 aromatic heterocycles. The molecule has 114 valence electrons. The highest BCUT2D eigenvalue weighted by Crippen LogP contribution is 2.29. The van der Waals surface area contributed by atoms with Crippen LogP contribution in [0, 0.1) is 0 Å². The number of hydrogen-bond acceptors (Lipinski definition) is 7. The maximum atomic E-state index is 6.05. The quantitative estimate of drug-likeness (QED) is 0.817. The van der Waals surface area contributed by atoms with Gasteiger partial charge in [0.25, 0.3) is 0 Å². The zero-order valence-corrected chi connectivity index (χ0v) is 13.4. The van der Waals surface area contributed by atoms with E-state index in [1.165, 1.54) is 11.2 Å². The minimum Gasteiger partial charge on any atom is -0.476 e. The lowest BCUT2D eigenvalue weighted by Gasteiger charge is -2.15. The molecule has 21 heavy (non-hydrogen) atoms. The summed E-state index contributed by atoms with van der Waals surface area (Å²) in [5, 5.41) is 4.29. The molecule has 2 rings (SSSR count). The highest BCUT2D eigenvalue weighted by Gasteiger charge is 2.15. The van der Waals surface area contributed by atoms with Crippen LogP contribution < -0.4 is 15.8 Å². The molecular formula is C14H21N5OS. The average Bonchev–Trinajstić information content (AvgIpc) is 2.97. The molecule has 0 spiro atoms. The normalized spacial score (nSPS) is 12.1. The molecule has 6 nitrogen and oxygen atoms in total. The minimum absolute atomic E-state index is 0.0338. The van der Waals surface area contributed by atoms with Gasteiger partial charge in [-0.25, -0.2) is 9.97 Å². The number of nitrogen functional groups attached to an aromatic ring is 1. The van der Waals surface area contributed by atoms with E-state index in [0.29, 0.717) is 24.0 Å². The lowest BCUT2D eigenvalue weighted by Crippen LogP contribution is -2.11. The summed E-state index contributed by atoms with van der Waals surface area (Å²) < 4.78 is 5.51. The van der Waals surface area contributed by atoms with Gasteiger partial charge in [0, 0.05) is 11.1 Å². The van der Waals surface area contributed by atoms with E-state index < -0.39 is 0 Å². The topological polar surface area (TPSA) is 86.0 Å². The van der Waals surface area contributed by atoms with Gasteiger partial charge in [0.05, 0.1) is 12.6 Å². The highest BCUT2D eigenvalue weighted by atomic mass is 32.1. The minimum atomic E-state index is 0.0338. The van der Waals surface area contributed by atoms with E-state index in [4.69, 9.17) is 10.5 Å². The highest BCUT2D eigenvalue weighted by molar-refractivity contribution is 7.11. The number of rotatable bonds is 7. The second kappa shape index (κ2) is 7.21. The van der Waals surface area contributed by atoms with Gasteiger partial charge in [0.2, 0.25) is 5.88 Å². The lowest BCUT2D eigenvalue weighted by atomic mass is 10.3. The zero-order valence-electron chi connectivity index (χ0n) is 12.6. The Morgan fingerprint density at radius 2 is 2.14 bits per heavy atom. The van der Waals surface area contributed by atoms with Crippen molar-refractivity contribution in [2.45, 2.75) is 39.7 Å². The molecule has 3 N–H and O–H groups in total. The standard InChI is InChI=1S/C14H21N5OS/c1-4-6-20-13-11(15)12(17-8-18-13)19-9(3)14-16-7-10(5-2)21-14/h7-9H,4-6,15H2,1-3H3,(H,17,18,19). The predicted molar refractivity (Wildman–Crippen MR) is 85.8 cm³/mol. The van der Waals surface area contributed by atoms with Crippen LogP contribution in [-0.2, 0) is 6.42 Å². The third kappa shape index (κ3) is 3.81. The van der Waals surface area contributed by atoms with Crippen molar-refractivity contribution in [1.82, 2.24) is 15.0 Å². The van der Waals surface area contributed by atoms with Gasteiger partial charge in [-0.2, -0.15) is 4.98 Å². The van der Waals surface area contributed by atoms with E-state index >= 15 is 0 Å². The van der Waals surface area contributed by atoms with Crippen LogP contribution in [0.3, 0.4) is 0 Å². The van der Waals surface area contributed by atoms with Crippen molar-refractivity contribution in [1.29, 1.82) is 0 Å². The van der Waals surface area contributed by atoms with Crippen LogP contribution >= 0.6 is 11.3 Å². The van der Waals surface area contributed by atoms with Crippen LogP contribution in [0.4, 0.5) is 11.5 Å². The van der Waals surface area contributed by atoms with Crippen molar-refractivity contribution in [2.75, 3.05) is 17.7 Å². The molecule has 1 unspecified atom stereocenters. The maximum Gasteiger partial charge on any atom is 0.242 e. The van der Waals surface area contributed by atoms with Gasteiger partial charge in [-0.3, -0.25) is 0 Å². The monoisotopic (exact) mass is 307 g/mol. The first-order valence-corrected chi connectivity index (χ1v) is 7.91. The number of ether oxygens (including phenoxy) is 1. The Kier molecular flexibility index (Phi) is 5.32. The van der Waals surface area contributed by atoms with Gasteiger partial charge in [0.15, 0.2) is 5.82 Å². The first-order valence-electron chi connectivity index (χ1n) is 7.10. The molecule has 0 amide bonds. The van der Waals surface area contributed by atoms with E-state index in [2.05, 4.69) is 27.2 Å². The number of anilines is 2. The Labute approximate surface area is 128 Å². The first kappa shape index (κ1) is 15.5. The third-order valence-electron chi connectivity index (χ3n) is 2.93. The number of aromatic nitrogens is 3. The van der Waals surface area contributed by atoms with Gasteiger partial charge in [-0.15, -0.1) is 11.3 Å². The van der Waals surface area contributed by atoms with Gasteiger partial charge >= 0.3 is 0 Å². The number of thiazole rings is 1. The van der Waals surface area contributed by atoms with Gasteiger partial charge < -0.3 is 15.8 Å². The number of nitrogens with zero attached hydrogens (tertiary/aromatic N) is 3. The van der Waals surface area contributed by atoms with Crippen molar-refractivity contribution < 1.29 is 4.74 Å². The fourth-order valence-corrected chi connectivity index (χ4v) is 2.62. The fraction of sp³-hybridized carbons (Fsp3) is 0.500. The summed E-state index contributed by atoms with van der Waals surface area (Å²) in [6.07, 6.45) is 5.27. The second-order valence-electron chi connectivity index (χ2n) is 4.67. The molecular weight excluding hydrogens is 286 g/mol. The smallest absolute Gasteiger partial charge is 0.242 e. The van der Waals surface area contributed by atoms with E-state index in [1.54, 1.807) is 11.3 Å². The molecule has 0 aromatic carbocycles. The Morgan fingerprint density at radius 3 is 2.81 bits per heavy atom. The van der Waals surface area contributed by atoms with Gasteiger partial charge in [-0.05, 0) is 19.8 Å². The Bertz CT molecular complexity index is 586. The van der Waals surface area contributed by atoms with Crippen LogP contribution in [0.2, 0.25) is 0 Å². The van der Waals surface area contributed by atoms with Crippen LogP contribution in [-0.4, -0.2) is 21.6 Å². The molecule has 0 aliphatic carbocycles. The molecule has 0 saturated carbocycles. The second-order valence-corrected chi connectivity index (χ2v) is 5.82. The number of hydrogen-bond donors (Lipinski definition) is 2. The number of nitrogens with one attached hydrogen (secondary N) is 1. The summed E-state index contributed by atoms with van der Waals surface area (Å²) in [6, 6.07) is 0.0338. The maximum absolute atomic E-state index is 6.05. The van der Waals surface area contributed by atoms with Gasteiger partial charge in [-0.1, -0.05) is 13.8 Å². The molecule has 0 saturated heterocycles. The van der Waals surface area contributed by atoms with Crippen LogP contribution in [0.15, 0.2) is 12.5 Å². The van der Waals surface area contributed by atoms with Crippen molar-refractivity contribution in [3.05, 3.63) is 22.4 Å². The summed E-state index contributed by atoms with van der Waals surface area (Å²) in [5.74, 6) is 1.01. The molecule has 1 atom stereocenters. The Balaban J connectivity index is 2.11. The molecule has 2 heterocycles. The molecule has 0 bridgehead atoms. The third-order valence-corrected chi connectivity index (χ3v) is 4.26. The molecule has 0 fully saturated rings. The Morgan fingerprint density at radius 1 is 1.33 bits per heavy atom. The van der Waals surface area contributed by atoms with Crippen molar-refractivity contribution in [3.8, 4) is 5.88 Å². The van der Waals surface area contributed by atoms with Crippen molar-refractivity contribution >= 4 is 22.8 Å². The van der Waals surface area contributed by atoms with Gasteiger partial charge in [0.1, 0.15) is 17.0 Å². The predicted octanol–water partition coefficient (Wildman–Crippen LogP) is 3.04. The SMILES string of the molecule is CCCOc1ncnc(NC(C)c2ncc(CC)s2)c1N. The summed E-state index contributed by atoms with van der Waals surface area (Å²) >= 11 is 1.70. The molecule has 0 radical (unpaired) electrons. The summed E-state index contributed by atoms with van der Waals surface area (Å²) in [5.41, 5.74) is 6.49. The molecule has 0 aliphatic rings. The largest absolute Gasteiger partial charge is 0.476 e. The van der Waals surface area contributed by atoms with E-state index in [-0.39, 0.29) is 6.04 Å². The van der Waals surface area contributed by atoms with Crippen LogP contribution in [0.5, 0.6) is 5.88 Å². The summed E-state index contributed by atoms with van der Waals surface area (Å²) in [7, 11) is 0. The molecule has 0 aliphatic heterocycles. The van der Waals surface area contributed by atoms with Crippen LogP contribution in [0.25, 0.3) is 0 Å². The lowest BCUT2D eigenvalue weighted by molar-refractivity contribution is 0.306. The number of nitrogens with two attached hydrogens (primary N) is 1. The Hall–Kier alpha value is -1.89. The summed E-state index contributed by atoms with van der Waals surface area (Å²) in [6.45, 7) is 6.77. The number of aryl methyl sites for hydroxylation is 1. The van der Waals surface area contributed by atoms with E-state index in [9.17, 15) is 0 Å². The fourth-order valence-electron chi connectivity index (χ4n) is 1.76. The molecule has 7 heteroatoms.